The molecule has 0 saturated carbocycles. The van der Waals surface area contributed by atoms with E-state index in [1.165, 1.54) is 5.56 Å². The summed E-state index contributed by atoms with van der Waals surface area (Å²) in [7, 11) is 0. The van der Waals surface area contributed by atoms with Crippen molar-refractivity contribution in [3.63, 3.8) is 0 Å². The van der Waals surface area contributed by atoms with Crippen molar-refractivity contribution in [3.8, 4) is 17.0 Å². The number of benzene rings is 2. The zero-order valence-corrected chi connectivity index (χ0v) is 17.8. The molecule has 0 aliphatic heterocycles. The first-order valence-electron chi connectivity index (χ1n) is 10.1. The van der Waals surface area contributed by atoms with E-state index in [2.05, 4.69) is 10.3 Å². The first-order valence-corrected chi connectivity index (χ1v) is 10.1. The number of pyridine rings is 1. The van der Waals surface area contributed by atoms with Gasteiger partial charge in [-0.15, -0.1) is 0 Å². The van der Waals surface area contributed by atoms with E-state index in [-0.39, 0.29) is 12.5 Å². The minimum absolute atomic E-state index is 0.0398. The molecule has 5 nitrogen and oxygen atoms in total. The van der Waals surface area contributed by atoms with Crippen LogP contribution in [0.4, 0.5) is 5.69 Å². The number of ether oxygens (including phenoxy) is 1. The van der Waals surface area contributed by atoms with Crippen molar-refractivity contribution in [1.29, 1.82) is 0 Å². The third kappa shape index (κ3) is 4.87. The topological polar surface area (TPSA) is 55.6 Å². The van der Waals surface area contributed by atoms with Gasteiger partial charge in [-0.05, 0) is 73.5 Å². The highest BCUT2D eigenvalue weighted by molar-refractivity contribution is 5.92. The summed E-state index contributed by atoms with van der Waals surface area (Å²) in [6, 6.07) is 19.4. The van der Waals surface area contributed by atoms with Gasteiger partial charge in [-0.2, -0.15) is 0 Å². The molecule has 1 amide bonds. The minimum Gasteiger partial charge on any atom is -0.484 e. The second kappa shape index (κ2) is 9.74. The minimum atomic E-state index is -0.186. The molecule has 2 aromatic carbocycles. The summed E-state index contributed by atoms with van der Waals surface area (Å²) in [6.45, 7) is 8.02. The zero-order valence-electron chi connectivity index (χ0n) is 17.8. The predicted molar refractivity (Wildman–Crippen MR) is 122 cm³/mol. The van der Waals surface area contributed by atoms with E-state index in [4.69, 9.17) is 4.74 Å². The SMILES string of the molecule is CC.Cc1ccc(NC(=O)COc2ccc(-c3cnc4ccccn34)cc2)cc1C. The highest BCUT2D eigenvalue weighted by atomic mass is 16.5. The quantitative estimate of drug-likeness (QED) is 0.469. The van der Waals surface area contributed by atoms with Gasteiger partial charge in [0.1, 0.15) is 11.4 Å². The number of carbonyl (C=O) groups is 1. The van der Waals surface area contributed by atoms with Crippen molar-refractivity contribution in [1.82, 2.24) is 9.38 Å². The van der Waals surface area contributed by atoms with Crippen LogP contribution < -0.4 is 10.1 Å². The fourth-order valence-electron chi connectivity index (χ4n) is 3.03. The van der Waals surface area contributed by atoms with Crippen LogP contribution in [-0.2, 0) is 4.79 Å². The van der Waals surface area contributed by atoms with Gasteiger partial charge in [0.05, 0.1) is 11.9 Å². The molecule has 30 heavy (non-hydrogen) atoms. The van der Waals surface area contributed by atoms with E-state index in [1.807, 2.05) is 105 Å². The van der Waals surface area contributed by atoms with Gasteiger partial charge in [-0.25, -0.2) is 4.98 Å². The van der Waals surface area contributed by atoms with Gasteiger partial charge in [0.15, 0.2) is 6.61 Å². The summed E-state index contributed by atoms with van der Waals surface area (Å²) < 4.78 is 7.65. The lowest BCUT2D eigenvalue weighted by atomic mass is 10.1. The Morgan fingerprint density at radius 3 is 2.50 bits per heavy atom. The maximum absolute atomic E-state index is 12.1. The Bertz CT molecular complexity index is 1130. The lowest BCUT2D eigenvalue weighted by molar-refractivity contribution is -0.118. The Kier molecular flexibility index (Phi) is 6.86. The number of anilines is 1. The van der Waals surface area contributed by atoms with Gasteiger partial charge < -0.3 is 10.1 Å². The van der Waals surface area contributed by atoms with Crippen LogP contribution in [0.25, 0.3) is 16.9 Å². The van der Waals surface area contributed by atoms with Crippen LogP contribution >= 0.6 is 0 Å². The van der Waals surface area contributed by atoms with Gasteiger partial charge in [-0.1, -0.05) is 26.0 Å². The van der Waals surface area contributed by atoms with Gasteiger partial charge in [0.2, 0.25) is 0 Å². The number of carbonyl (C=O) groups excluding carboxylic acids is 1. The fraction of sp³-hybridized carbons (Fsp3) is 0.200. The van der Waals surface area contributed by atoms with Crippen LogP contribution in [0.3, 0.4) is 0 Å². The lowest BCUT2D eigenvalue weighted by Gasteiger charge is -2.09. The molecule has 2 heterocycles. The summed E-state index contributed by atoms with van der Waals surface area (Å²) in [5, 5.41) is 2.86. The number of nitrogens with zero attached hydrogens (tertiary/aromatic N) is 2. The van der Waals surface area contributed by atoms with E-state index >= 15 is 0 Å². The normalized spacial score (nSPS) is 10.3. The Labute approximate surface area is 177 Å². The van der Waals surface area contributed by atoms with E-state index in [1.54, 1.807) is 0 Å². The number of aromatic nitrogens is 2. The van der Waals surface area contributed by atoms with E-state index in [0.717, 1.165) is 28.2 Å². The Hall–Kier alpha value is -3.60. The van der Waals surface area contributed by atoms with E-state index in [0.29, 0.717) is 5.75 Å². The van der Waals surface area contributed by atoms with E-state index in [9.17, 15) is 4.79 Å². The molecule has 0 atom stereocenters. The molecule has 0 bridgehead atoms. The number of fused-ring (bicyclic) bond motifs is 1. The third-order valence-electron chi connectivity index (χ3n) is 4.73. The maximum atomic E-state index is 12.1. The summed E-state index contributed by atoms with van der Waals surface area (Å²) in [6.07, 6.45) is 3.83. The largest absolute Gasteiger partial charge is 0.484 e. The summed E-state index contributed by atoms with van der Waals surface area (Å²) >= 11 is 0. The smallest absolute Gasteiger partial charge is 0.262 e. The summed E-state index contributed by atoms with van der Waals surface area (Å²) in [5.74, 6) is 0.460. The maximum Gasteiger partial charge on any atom is 0.262 e. The molecule has 0 aliphatic carbocycles. The Morgan fingerprint density at radius 1 is 1.00 bits per heavy atom. The molecule has 5 heteroatoms. The van der Waals surface area contributed by atoms with Crippen molar-refractivity contribution in [2.45, 2.75) is 27.7 Å². The van der Waals surface area contributed by atoms with Crippen molar-refractivity contribution in [3.05, 3.63) is 84.2 Å². The molecule has 0 aliphatic rings. The van der Waals surface area contributed by atoms with Gasteiger partial charge in [0.25, 0.3) is 5.91 Å². The zero-order chi connectivity index (χ0) is 21.5. The number of hydrogen-bond acceptors (Lipinski definition) is 3. The average Bonchev–Trinajstić information content (AvgIpc) is 3.21. The summed E-state index contributed by atoms with van der Waals surface area (Å²) in [4.78, 5) is 16.5. The number of nitrogens with one attached hydrogen (secondary N) is 1. The van der Waals surface area contributed by atoms with Crippen molar-refractivity contribution < 1.29 is 9.53 Å². The van der Waals surface area contributed by atoms with Crippen LogP contribution in [0.5, 0.6) is 5.75 Å². The van der Waals surface area contributed by atoms with Crippen LogP contribution in [-0.4, -0.2) is 21.9 Å². The third-order valence-corrected chi connectivity index (χ3v) is 4.73. The molecule has 4 rings (SSSR count). The van der Waals surface area contributed by atoms with Crippen LogP contribution in [0.2, 0.25) is 0 Å². The molecule has 1 N–H and O–H groups in total. The standard InChI is InChI=1S/C23H21N3O2.C2H6/c1-16-6-9-19(13-17(16)2)25-23(27)15-28-20-10-7-18(8-11-20)21-14-24-22-5-3-4-12-26(21)22;1-2/h3-14H,15H2,1-2H3,(H,25,27);1-2H3. The number of rotatable bonds is 5. The van der Waals surface area contributed by atoms with E-state index < -0.39 is 0 Å². The number of hydrogen-bond donors (Lipinski definition) is 1. The molecule has 2 aromatic heterocycles. The molecule has 0 radical (unpaired) electrons. The second-order valence-electron chi connectivity index (χ2n) is 6.73. The van der Waals surface area contributed by atoms with Crippen molar-refractivity contribution in [2.75, 3.05) is 11.9 Å². The Morgan fingerprint density at radius 2 is 1.77 bits per heavy atom. The molecule has 0 spiro atoms. The lowest BCUT2D eigenvalue weighted by Crippen LogP contribution is -2.20. The number of aryl methyl sites for hydroxylation is 2. The molecule has 0 unspecified atom stereocenters. The van der Waals surface area contributed by atoms with Crippen molar-refractivity contribution in [2.24, 2.45) is 0 Å². The monoisotopic (exact) mass is 401 g/mol. The molecule has 0 saturated heterocycles. The highest BCUT2D eigenvalue weighted by Gasteiger charge is 2.07. The molecular formula is C25H27N3O2. The Balaban J connectivity index is 0.00000124. The van der Waals surface area contributed by atoms with Gasteiger partial charge in [-0.3, -0.25) is 9.20 Å². The number of amides is 1. The highest BCUT2D eigenvalue weighted by Crippen LogP contribution is 2.23. The fourth-order valence-corrected chi connectivity index (χ4v) is 3.03. The first-order chi connectivity index (χ1) is 14.6. The predicted octanol–water partition coefficient (Wildman–Crippen LogP) is 5.66. The second-order valence-corrected chi connectivity index (χ2v) is 6.73. The van der Waals surface area contributed by atoms with Crippen molar-refractivity contribution >= 4 is 17.2 Å². The average molecular weight is 402 g/mol. The first kappa shape index (κ1) is 21.1. The number of imidazole rings is 1. The molecular weight excluding hydrogens is 374 g/mol. The molecule has 0 fully saturated rings. The van der Waals surface area contributed by atoms with Crippen LogP contribution in [0.15, 0.2) is 73.1 Å². The van der Waals surface area contributed by atoms with Gasteiger partial charge >= 0.3 is 0 Å². The molecule has 4 aromatic rings. The summed E-state index contributed by atoms with van der Waals surface area (Å²) in [5.41, 5.74) is 6.06. The molecule has 154 valence electrons. The van der Waals surface area contributed by atoms with Crippen LogP contribution in [0, 0.1) is 13.8 Å². The van der Waals surface area contributed by atoms with Gasteiger partial charge in [0, 0.05) is 17.4 Å². The van der Waals surface area contributed by atoms with Crippen LogP contribution in [0.1, 0.15) is 25.0 Å².